The Morgan fingerprint density at radius 2 is 2.00 bits per heavy atom. The van der Waals surface area contributed by atoms with Gasteiger partial charge < -0.3 is 14.3 Å². The normalized spacial score (nSPS) is 16.3. The van der Waals surface area contributed by atoms with Gasteiger partial charge in [0.2, 0.25) is 5.82 Å². The monoisotopic (exact) mass is 464 g/mol. The number of nitrogens with one attached hydrogen (secondary N) is 1. The molecule has 5 rings (SSSR count). The van der Waals surface area contributed by atoms with E-state index in [1.807, 2.05) is 6.07 Å². The number of nitrogens with zero attached hydrogens (tertiary/aromatic N) is 3. The lowest BCUT2D eigenvalue weighted by Crippen LogP contribution is -2.45. The van der Waals surface area contributed by atoms with Crippen LogP contribution in [0.5, 0.6) is 0 Å². The minimum atomic E-state index is -0.686. The number of amides is 2. The maximum Gasteiger partial charge on any atom is 0.322 e. The third-order valence-electron chi connectivity index (χ3n) is 5.41. The Kier molecular flexibility index (Phi) is 5.43. The molecule has 2 aromatic heterocycles. The zero-order chi connectivity index (χ0) is 22.9. The minimum Gasteiger partial charge on any atom is -0.467 e. The van der Waals surface area contributed by atoms with Crippen molar-refractivity contribution in [1.82, 2.24) is 20.4 Å². The van der Waals surface area contributed by atoms with E-state index in [4.69, 9.17) is 20.5 Å². The SMILES string of the molecule is CC1=C(c2nc(-c3cccc(Cl)c3)no2)C(c2cccc(F)c2)NC(=O)N1Cc1ccco1. The molecule has 0 spiro atoms. The number of rotatable bonds is 5. The summed E-state index contributed by atoms with van der Waals surface area (Å²) in [4.78, 5) is 19.1. The number of aromatic nitrogens is 2. The highest BCUT2D eigenvalue weighted by Crippen LogP contribution is 2.38. The molecule has 0 saturated heterocycles. The molecular formula is C24H18ClFN4O3. The lowest BCUT2D eigenvalue weighted by molar-refractivity contribution is 0.199. The molecule has 9 heteroatoms. The van der Waals surface area contributed by atoms with Crippen molar-refractivity contribution in [2.75, 3.05) is 0 Å². The fourth-order valence-corrected chi connectivity index (χ4v) is 4.01. The average Bonchev–Trinajstić information content (AvgIpc) is 3.49. The molecule has 2 amide bonds. The van der Waals surface area contributed by atoms with Gasteiger partial charge in [-0.05, 0) is 48.9 Å². The first-order valence-corrected chi connectivity index (χ1v) is 10.5. The molecule has 166 valence electrons. The summed E-state index contributed by atoms with van der Waals surface area (Å²) in [5.74, 6) is 0.751. The van der Waals surface area contributed by atoms with Crippen LogP contribution in [0.4, 0.5) is 9.18 Å². The number of furan rings is 1. The summed E-state index contributed by atoms with van der Waals surface area (Å²) >= 11 is 6.10. The van der Waals surface area contributed by atoms with E-state index in [9.17, 15) is 9.18 Å². The number of allylic oxidation sites excluding steroid dienone is 1. The largest absolute Gasteiger partial charge is 0.467 e. The van der Waals surface area contributed by atoms with Crippen LogP contribution in [0.1, 0.15) is 30.2 Å². The lowest BCUT2D eigenvalue weighted by atomic mass is 9.94. The van der Waals surface area contributed by atoms with Gasteiger partial charge in [-0.1, -0.05) is 41.0 Å². The van der Waals surface area contributed by atoms with Crippen molar-refractivity contribution in [3.63, 3.8) is 0 Å². The van der Waals surface area contributed by atoms with E-state index < -0.39 is 11.9 Å². The summed E-state index contributed by atoms with van der Waals surface area (Å²) in [6.45, 7) is 1.99. The molecule has 1 aliphatic heterocycles. The van der Waals surface area contributed by atoms with Crippen molar-refractivity contribution < 1.29 is 18.1 Å². The Labute approximate surface area is 193 Å². The third kappa shape index (κ3) is 4.12. The van der Waals surface area contributed by atoms with Gasteiger partial charge in [-0.2, -0.15) is 4.98 Å². The average molecular weight is 465 g/mol. The summed E-state index contributed by atoms with van der Waals surface area (Å²) in [6.07, 6.45) is 1.54. The molecule has 33 heavy (non-hydrogen) atoms. The van der Waals surface area contributed by atoms with Crippen LogP contribution in [-0.4, -0.2) is 21.1 Å². The maximum atomic E-state index is 14.0. The van der Waals surface area contributed by atoms with Gasteiger partial charge in [0.15, 0.2) is 0 Å². The molecule has 1 atom stereocenters. The first-order chi connectivity index (χ1) is 16.0. The third-order valence-corrected chi connectivity index (χ3v) is 5.65. The fraction of sp³-hybridized carbons (Fsp3) is 0.125. The molecule has 1 N–H and O–H groups in total. The van der Waals surface area contributed by atoms with Gasteiger partial charge in [0.25, 0.3) is 5.89 Å². The highest BCUT2D eigenvalue weighted by molar-refractivity contribution is 6.30. The molecule has 3 heterocycles. The summed E-state index contributed by atoms with van der Waals surface area (Å²) in [5.41, 5.74) is 2.39. The molecule has 4 aromatic rings. The molecule has 7 nitrogen and oxygen atoms in total. The van der Waals surface area contributed by atoms with E-state index in [2.05, 4.69) is 15.5 Å². The molecule has 2 aromatic carbocycles. The lowest BCUT2D eigenvalue weighted by Gasteiger charge is -2.34. The second kappa shape index (κ2) is 8.55. The molecule has 0 saturated carbocycles. The molecule has 1 unspecified atom stereocenters. The van der Waals surface area contributed by atoms with Gasteiger partial charge in [-0.15, -0.1) is 0 Å². The van der Waals surface area contributed by atoms with E-state index >= 15 is 0 Å². The van der Waals surface area contributed by atoms with Crippen LogP contribution in [0.3, 0.4) is 0 Å². The minimum absolute atomic E-state index is 0.208. The van der Waals surface area contributed by atoms with Crippen LogP contribution < -0.4 is 5.32 Å². The number of hydrogen-bond acceptors (Lipinski definition) is 5. The van der Waals surface area contributed by atoms with E-state index in [0.29, 0.717) is 39.0 Å². The van der Waals surface area contributed by atoms with Crippen LogP contribution in [0, 0.1) is 5.82 Å². The first-order valence-electron chi connectivity index (χ1n) is 10.2. The predicted molar refractivity (Wildman–Crippen MR) is 119 cm³/mol. The second-order valence-corrected chi connectivity index (χ2v) is 7.97. The second-order valence-electron chi connectivity index (χ2n) is 7.54. The number of hydrogen-bond donors (Lipinski definition) is 1. The maximum absolute atomic E-state index is 14.0. The standard InChI is InChI=1S/C24H18ClFN4O3/c1-14-20(23-28-22(29-33-23)16-6-2-7-17(25)11-16)21(15-5-3-8-18(26)12-15)27-24(31)30(14)13-19-9-4-10-32-19/h2-12,21H,13H2,1H3,(H,27,31). The van der Waals surface area contributed by atoms with E-state index in [0.717, 1.165) is 0 Å². The van der Waals surface area contributed by atoms with Gasteiger partial charge in [0.1, 0.15) is 11.6 Å². The quantitative estimate of drug-likeness (QED) is 0.402. The van der Waals surface area contributed by atoms with E-state index in [1.54, 1.807) is 55.7 Å². The summed E-state index contributed by atoms with van der Waals surface area (Å²) < 4.78 is 25.1. The molecule has 0 radical (unpaired) electrons. The Balaban J connectivity index is 1.61. The van der Waals surface area contributed by atoms with Crippen molar-refractivity contribution in [1.29, 1.82) is 0 Å². The Morgan fingerprint density at radius 1 is 1.15 bits per heavy atom. The Bertz CT molecular complexity index is 1350. The summed E-state index contributed by atoms with van der Waals surface area (Å²) in [5, 5.41) is 7.57. The number of halogens is 2. The fourth-order valence-electron chi connectivity index (χ4n) is 3.82. The zero-order valence-electron chi connectivity index (χ0n) is 17.5. The number of carbonyl (C=O) groups is 1. The van der Waals surface area contributed by atoms with Gasteiger partial charge >= 0.3 is 6.03 Å². The zero-order valence-corrected chi connectivity index (χ0v) is 18.2. The van der Waals surface area contributed by atoms with Crippen LogP contribution in [0.25, 0.3) is 17.0 Å². The Hall–Kier alpha value is -3.91. The van der Waals surface area contributed by atoms with Crippen molar-refractivity contribution in [2.24, 2.45) is 0 Å². The summed E-state index contributed by atoms with van der Waals surface area (Å²) in [6, 6.07) is 15.6. The van der Waals surface area contributed by atoms with E-state index in [1.165, 1.54) is 17.0 Å². The van der Waals surface area contributed by atoms with Gasteiger partial charge in [-0.25, -0.2) is 9.18 Å². The van der Waals surface area contributed by atoms with Gasteiger partial charge in [0.05, 0.1) is 24.4 Å². The summed E-state index contributed by atoms with van der Waals surface area (Å²) in [7, 11) is 0. The van der Waals surface area contributed by atoms with Crippen molar-refractivity contribution in [3.05, 3.63) is 101 Å². The van der Waals surface area contributed by atoms with Crippen LogP contribution in [0.15, 0.2) is 81.6 Å². The van der Waals surface area contributed by atoms with Crippen molar-refractivity contribution in [3.8, 4) is 11.4 Å². The number of benzene rings is 2. The molecule has 1 aliphatic rings. The van der Waals surface area contributed by atoms with Crippen molar-refractivity contribution >= 4 is 23.2 Å². The number of carbonyl (C=O) groups excluding carboxylic acids is 1. The highest BCUT2D eigenvalue weighted by Gasteiger charge is 2.36. The smallest absolute Gasteiger partial charge is 0.322 e. The topological polar surface area (TPSA) is 84.4 Å². The van der Waals surface area contributed by atoms with Crippen LogP contribution >= 0.6 is 11.6 Å². The van der Waals surface area contributed by atoms with Crippen molar-refractivity contribution in [2.45, 2.75) is 19.5 Å². The first kappa shape index (κ1) is 21.0. The predicted octanol–water partition coefficient (Wildman–Crippen LogP) is 5.82. The molecule has 0 aliphatic carbocycles. The number of urea groups is 1. The van der Waals surface area contributed by atoms with E-state index in [-0.39, 0.29) is 18.5 Å². The molecule has 0 fully saturated rings. The van der Waals surface area contributed by atoms with Gasteiger partial charge in [0, 0.05) is 16.3 Å². The highest BCUT2D eigenvalue weighted by atomic mass is 35.5. The van der Waals surface area contributed by atoms with Gasteiger partial charge in [-0.3, -0.25) is 4.90 Å². The molecule has 0 bridgehead atoms. The van der Waals surface area contributed by atoms with Crippen LogP contribution in [-0.2, 0) is 6.54 Å². The Morgan fingerprint density at radius 3 is 2.76 bits per heavy atom. The molecular weight excluding hydrogens is 447 g/mol. The van der Waals surface area contributed by atoms with Crippen LogP contribution in [0.2, 0.25) is 5.02 Å².